The van der Waals surface area contributed by atoms with Crippen molar-refractivity contribution in [3.63, 3.8) is 0 Å². The summed E-state index contributed by atoms with van der Waals surface area (Å²) in [6.45, 7) is 3.84. The molecule has 1 nitrogen and oxygen atoms in total. The van der Waals surface area contributed by atoms with Gasteiger partial charge in [-0.05, 0) is 29.9 Å². The van der Waals surface area contributed by atoms with Crippen LogP contribution in [-0.4, -0.2) is 5.11 Å². The molecule has 0 saturated carbocycles. The number of allylic oxidation sites excluding steroid dienone is 2. The summed E-state index contributed by atoms with van der Waals surface area (Å²) < 4.78 is 0. The van der Waals surface area contributed by atoms with Crippen LogP contribution >= 0.6 is 0 Å². The molecule has 0 fully saturated rings. The molecule has 0 bridgehead atoms. The van der Waals surface area contributed by atoms with Gasteiger partial charge in [-0.1, -0.05) is 49.8 Å². The number of rotatable bonds is 3. The molecular formula is C14H18O. The Kier molecular flexibility index (Phi) is 4.69. The summed E-state index contributed by atoms with van der Waals surface area (Å²) in [5.74, 6) is 0.334. The third-order valence-corrected chi connectivity index (χ3v) is 2.15. The van der Waals surface area contributed by atoms with Crippen molar-refractivity contribution in [3.8, 4) is 0 Å². The zero-order chi connectivity index (χ0) is 11.1. The Bertz CT molecular complexity index is 437. The molecule has 1 N–H and O–H groups in total. The van der Waals surface area contributed by atoms with Crippen molar-refractivity contribution in [2.45, 2.75) is 26.7 Å². The fourth-order valence-corrected chi connectivity index (χ4v) is 1.36. The van der Waals surface area contributed by atoms with Gasteiger partial charge in [0.1, 0.15) is 0 Å². The van der Waals surface area contributed by atoms with Crippen LogP contribution in [0.1, 0.15) is 26.7 Å². The van der Waals surface area contributed by atoms with Crippen LogP contribution < -0.4 is 10.4 Å². The molecule has 0 aliphatic rings. The van der Waals surface area contributed by atoms with Gasteiger partial charge >= 0.3 is 0 Å². The number of aliphatic hydroxyl groups is 1. The van der Waals surface area contributed by atoms with Crippen LogP contribution in [0.15, 0.2) is 36.1 Å². The van der Waals surface area contributed by atoms with Crippen LogP contribution in [0.5, 0.6) is 0 Å². The van der Waals surface area contributed by atoms with Crippen molar-refractivity contribution in [2.75, 3.05) is 0 Å². The zero-order valence-corrected chi connectivity index (χ0v) is 9.40. The Morgan fingerprint density at radius 2 is 1.93 bits per heavy atom. The molecule has 0 saturated heterocycles. The predicted molar refractivity (Wildman–Crippen MR) is 65.9 cm³/mol. The lowest BCUT2D eigenvalue weighted by molar-refractivity contribution is 0.415. The highest BCUT2D eigenvalue weighted by molar-refractivity contribution is 5.40. The molecule has 1 aromatic rings. The second kappa shape index (κ2) is 6.07. The largest absolute Gasteiger partial charge is 0.513 e. The Hall–Kier alpha value is -1.50. The van der Waals surface area contributed by atoms with E-state index < -0.39 is 0 Å². The zero-order valence-electron chi connectivity index (χ0n) is 9.40. The summed E-state index contributed by atoms with van der Waals surface area (Å²) in [6.07, 6.45) is 8.14. The quantitative estimate of drug-likeness (QED) is 0.747. The molecule has 1 heteroatoms. The fraction of sp³-hybridized carbons (Fsp3) is 0.286. The van der Waals surface area contributed by atoms with Gasteiger partial charge in [-0.3, -0.25) is 0 Å². The van der Waals surface area contributed by atoms with E-state index in [9.17, 15) is 0 Å². The molecule has 0 aromatic heterocycles. The second-order valence-corrected chi connectivity index (χ2v) is 3.60. The van der Waals surface area contributed by atoms with E-state index >= 15 is 0 Å². The highest BCUT2D eigenvalue weighted by Crippen LogP contribution is 1.87. The van der Waals surface area contributed by atoms with E-state index in [1.807, 2.05) is 18.2 Å². The van der Waals surface area contributed by atoms with Crippen LogP contribution in [0.4, 0.5) is 0 Å². The SMILES string of the molecule is CCC\C=c1/cccc/c1=C/C=C(\C)O. The number of hydrogen-bond donors (Lipinski definition) is 1. The van der Waals surface area contributed by atoms with Crippen LogP contribution in [0.3, 0.4) is 0 Å². The first kappa shape index (κ1) is 11.6. The van der Waals surface area contributed by atoms with E-state index in [-0.39, 0.29) is 0 Å². The first-order valence-electron chi connectivity index (χ1n) is 5.37. The third-order valence-electron chi connectivity index (χ3n) is 2.15. The van der Waals surface area contributed by atoms with E-state index in [2.05, 4.69) is 25.1 Å². The molecule has 0 heterocycles. The van der Waals surface area contributed by atoms with Gasteiger partial charge in [0.05, 0.1) is 5.76 Å². The molecular weight excluding hydrogens is 184 g/mol. The van der Waals surface area contributed by atoms with E-state index in [1.54, 1.807) is 13.0 Å². The summed E-state index contributed by atoms with van der Waals surface area (Å²) in [6, 6.07) is 8.20. The Morgan fingerprint density at radius 3 is 2.53 bits per heavy atom. The number of benzene rings is 1. The average Bonchev–Trinajstić information content (AvgIpc) is 2.24. The lowest BCUT2D eigenvalue weighted by Gasteiger charge is -1.90. The van der Waals surface area contributed by atoms with E-state index in [0.29, 0.717) is 5.76 Å². The molecule has 0 atom stereocenters. The fourth-order valence-electron chi connectivity index (χ4n) is 1.36. The lowest BCUT2D eigenvalue weighted by Crippen LogP contribution is -2.23. The van der Waals surface area contributed by atoms with Crippen molar-refractivity contribution in [2.24, 2.45) is 0 Å². The molecule has 15 heavy (non-hydrogen) atoms. The minimum absolute atomic E-state index is 0.334. The third kappa shape index (κ3) is 4.03. The van der Waals surface area contributed by atoms with Crippen molar-refractivity contribution in [1.82, 2.24) is 0 Å². The monoisotopic (exact) mass is 202 g/mol. The van der Waals surface area contributed by atoms with Gasteiger partial charge in [0, 0.05) is 0 Å². The minimum Gasteiger partial charge on any atom is -0.513 e. The van der Waals surface area contributed by atoms with E-state index in [1.165, 1.54) is 5.22 Å². The van der Waals surface area contributed by atoms with Crippen LogP contribution in [0, 0.1) is 0 Å². The Balaban J connectivity index is 3.18. The molecule has 0 radical (unpaired) electrons. The van der Waals surface area contributed by atoms with Crippen molar-refractivity contribution in [1.29, 1.82) is 0 Å². The first-order valence-corrected chi connectivity index (χ1v) is 5.37. The van der Waals surface area contributed by atoms with Crippen LogP contribution in [0.2, 0.25) is 0 Å². The van der Waals surface area contributed by atoms with Crippen LogP contribution in [-0.2, 0) is 0 Å². The molecule has 1 aromatic carbocycles. The maximum absolute atomic E-state index is 9.10. The molecule has 1 rings (SSSR count). The Morgan fingerprint density at radius 1 is 1.27 bits per heavy atom. The molecule has 0 spiro atoms. The van der Waals surface area contributed by atoms with Gasteiger partial charge in [0.2, 0.25) is 0 Å². The summed E-state index contributed by atoms with van der Waals surface area (Å²) in [5, 5.41) is 11.5. The highest BCUT2D eigenvalue weighted by atomic mass is 16.3. The summed E-state index contributed by atoms with van der Waals surface area (Å²) in [7, 11) is 0. The van der Waals surface area contributed by atoms with Gasteiger partial charge in [0.25, 0.3) is 0 Å². The molecule has 0 amide bonds. The maximum Gasteiger partial charge on any atom is 0.0891 e. The molecule has 80 valence electrons. The predicted octanol–water partition coefficient (Wildman–Crippen LogP) is 2.51. The standard InChI is InChI=1S/C14H18O/c1-3-4-7-13-8-5-6-9-14(13)11-10-12(2)15/h5-11,15H,3-4H2,1-2H3/b12-10+,13-7+,14-11-. The van der Waals surface area contributed by atoms with E-state index in [0.717, 1.165) is 18.1 Å². The summed E-state index contributed by atoms with van der Waals surface area (Å²) in [4.78, 5) is 0. The average molecular weight is 202 g/mol. The van der Waals surface area contributed by atoms with Crippen molar-refractivity contribution in [3.05, 3.63) is 46.5 Å². The molecule has 0 aliphatic heterocycles. The maximum atomic E-state index is 9.10. The number of unbranched alkanes of at least 4 members (excludes halogenated alkanes) is 1. The molecule has 0 aliphatic carbocycles. The van der Waals surface area contributed by atoms with Crippen molar-refractivity contribution >= 4 is 12.2 Å². The summed E-state index contributed by atoms with van der Waals surface area (Å²) in [5.41, 5.74) is 0. The van der Waals surface area contributed by atoms with Crippen LogP contribution in [0.25, 0.3) is 12.2 Å². The van der Waals surface area contributed by atoms with Gasteiger partial charge in [-0.2, -0.15) is 0 Å². The normalized spacial score (nSPS) is 14.7. The smallest absolute Gasteiger partial charge is 0.0891 e. The van der Waals surface area contributed by atoms with E-state index in [4.69, 9.17) is 5.11 Å². The molecule has 0 unspecified atom stereocenters. The lowest BCUT2D eigenvalue weighted by atomic mass is 10.2. The van der Waals surface area contributed by atoms with Crippen molar-refractivity contribution < 1.29 is 5.11 Å². The first-order chi connectivity index (χ1) is 7.24. The van der Waals surface area contributed by atoms with Gasteiger partial charge in [0.15, 0.2) is 0 Å². The minimum atomic E-state index is 0.334. The number of aliphatic hydroxyl groups excluding tert-OH is 1. The second-order valence-electron chi connectivity index (χ2n) is 3.60. The van der Waals surface area contributed by atoms with Gasteiger partial charge < -0.3 is 5.11 Å². The number of hydrogen-bond acceptors (Lipinski definition) is 1. The Labute approximate surface area is 91.1 Å². The van der Waals surface area contributed by atoms with Gasteiger partial charge in [-0.25, -0.2) is 0 Å². The van der Waals surface area contributed by atoms with Gasteiger partial charge in [-0.15, -0.1) is 0 Å². The highest BCUT2D eigenvalue weighted by Gasteiger charge is 1.83. The topological polar surface area (TPSA) is 20.2 Å². The summed E-state index contributed by atoms with van der Waals surface area (Å²) >= 11 is 0.